The molecule has 0 atom stereocenters. The molecule has 7 heteroatoms. The Morgan fingerprint density at radius 3 is 2.47 bits per heavy atom. The van der Waals surface area contributed by atoms with Crippen molar-refractivity contribution in [3.05, 3.63) is 98.0 Å². The molecule has 0 saturated heterocycles. The Morgan fingerprint density at radius 2 is 1.75 bits per heavy atom. The number of anilines is 1. The molecule has 3 aromatic carbocycles. The molecule has 0 bridgehead atoms. The van der Waals surface area contributed by atoms with Gasteiger partial charge in [-0.3, -0.25) is 14.2 Å². The van der Waals surface area contributed by atoms with Crippen molar-refractivity contribution in [3.8, 4) is 5.69 Å². The van der Waals surface area contributed by atoms with Crippen molar-refractivity contribution in [3.63, 3.8) is 0 Å². The van der Waals surface area contributed by atoms with Gasteiger partial charge in [-0.15, -0.1) is 0 Å². The van der Waals surface area contributed by atoms with E-state index in [9.17, 15) is 9.59 Å². The lowest BCUT2D eigenvalue weighted by Crippen LogP contribution is -2.20. The summed E-state index contributed by atoms with van der Waals surface area (Å²) in [5.41, 5.74) is 6.55. The molecule has 0 saturated carbocycles. The average molecular weight is 500 g/mol. The number of nitrogens with zero attached hydrogens (tertiary/aromatic N) is 2. The summed E-state index contributed by atoms with van der Waals surface area (Å²) >= 11 is 6.56. The van der Waals surface area contributed by atoms with Crippen LogP contribution in [0.2, 0.25) is 5.02 Å². The molecule has 2 heterocycles. The van der Waals surface area contributed by atoms with Gasteiger partial charge >= 0.3 is 0 Å². The minimum absolute atomic E-state index is 0.127. The van der Waals surface area contributed by atoms with Gasteiger partial charge in [-0.05, 0) is 79.4 Å². The first-order valence-electron chi connectivity index (χ1n) is 11.9. The molecule has 1 N–H and O–H groups in total. The number of hydrogen-bond acceptors (Lipinski definition) is 4. The van der Waals surface area contributed by atoms with Crippen LogP contribution in [-0.2, 0) is 17.6 Å². The van der Waals surface area contributed by atoms with Gasteiger partial charge in [0, 0.05) is 23.2 Å². The Morgan fingerprint density at radius 1 is 1.03 bits per heavy atom. The van der Waals surface area contributed by atoms with Crippen molar-refractivity contribution in [2.45, 2.75) is 40.5 Å². The van der Waals surface area contributed by atoms with E-state index in [4.69, 9.17) is 16.1 Å². The van der Waals surface area contributed by atoms with Gasteiger partial charge in [0.15, 0.2) is 0 Å². The lowest BCUT2D eigenvalue weighted by atomic mass is 10.0. The topological polar surface area (TPSA) is 77.1 Å². The van der Waals surface area contributed by atoms with E-state index in [1.165, 1.54) is 5.56 Å². The van der Waals surface area contributed by atoms with Crippen molar-refractivity contribution in [1.29, 1.82) is 0 Å². The van der Waals surface area contributed by atoms with Crippen LogP contribution in [0.3, 0.4) is 0 Å². The molecule has 0 aliphatic rings. The Kier molecular flexibility index (Phi) is 6.14. The summed E-state index contributed by atoms with van der Waals surface area (Å²) in [6.07, 6.45) is 0.697. The smallest absolute Gasteiger partial charge is 0.268 e. The number of amides is 1. The molecule has 36 heavy (non-hydrogen) atoms. The van der Waals surface area contributed by atoms with Gasteiger partial charge < -0.3 is 9.84 Å². The van der Waals surface area contributed by atoms with E-state index in [-0.39, 0.29) is 17.9 Å². The number of pyridine rings is 1. The standard InChI is InChI=1S/C29H26ClN3O3/c1-5-24-27-28(32-36-24)26-22(30)10-7-11-23(26)33(29(27)35)21-9-6-8-19(14-21)15-25(34)31-20-12-16(2)18(4)17(3)13-20/h6-14H,5,15H2,1-4H3,(H,31,34). The molecular formula is C29H26ClN3O3. The molecule has 0 spiro atoms. The van der Waals surface area contributed by atoms with E-state index in [0.29, 0.717) is 44.7 Å². The second-order valence-corrected chi connectivity index (χ2v) is 9.49. The van der Waals surface area contributed by atoms with Crippen LogP contribution in [0.5, 0.6) is 0 Å². The summed E-state index contributed by atoms with van der Waals surface area (Å²) in [6, 6.07) is 16.8. The fourth-order valence-electron chi connectivity index (χ4n) is 4.67. The lowest BCUT2D eigenvalue weighted by Gasteiger charge is -2.14. The first-order valence-corrected chi connectivity index (χ1v) is 12.2. The van der Waals surface area contributed by atoms with E-state index in [1.807, 2.05) is 63.2 Å². The van der Waals surface area contributed by atoms with Crippen LogP contribution in [0.1, 0.15) is 34.9 Å². The fourth-order valence-corrected chi connectivity index (χ4v) is 4.93. The lowest BCUT2D eigenvalue weighted by molar-refractivity contribution is -0.115. The molecule has 5 aromatic rings. The predicted molar refractivity (Wildman–Crippen MR) is 144 cm³/mol. The molecule has 2 aromatic heterocycles. The summed E-state index contributed by atoms with van der Waals surface area (Å²) in [7, 11) is 0. The largest absolute Gasteiger partial charge is 0.360 e. The van der Waals surface area contributed by atoms with E-state index in [0.717, 1.165) is 22.4 Å². The fraction of sp³-hybridized carbons (Fsp3) is 0.207. The quantitative estimate of drug-likeness (QED) is 0.301. The second kappa shape index (κ2) is 9.28. The zero-order valence-electron chi connectivity index (χ0n) is 20.6. The number of aromatic nitrogens is 2. The van der Waals surface area contributed by atoms with Crippen LogP contribution >= 0.6 is 11.6 Å². The maximum Gasteiger partial charge on any atom is 0.268 e. The minimum atomic E-state index is -0.231. The molecule has 0 aliphatic carbocycles. The van der Waals surface area contributed by atoms with Crippen LogP contribution in [0.4, 0.5) is 5.69 Å². The third kappa shape index (κ3) is 4.07. The highest BCUT2D eigenvalue weighted by Crippen LogP contribution is 2.32. The van der Waals surface area contributed by atoms with Crippen molar-refractivity contribution in [2.75, 3.05) is 5.32 Å². The second-order valence-electron chi connectivity index (χ2n) is 9.09. The van der Waals surface area contributed by atoms with Gasteiger partial charge in [-0.2, -0.15) is 0 Å². The molecule has 6 nitrogen and oxygen atoms in total. The van der Waals surface area contributed by atoms with Gasteiger partial charge in [0.1, 0.15) is 16.7 Å². The first-order chi connectivity index (χ1) is 17.3. The molecule has 0 aliphatic heterocycles. The Bertz CT molecular complexity index is 1690. The zero-order valence-corrected chi connectivity index (χ0v) is 21.4. The number of aryl methyl sites for hydroxylation is 3. The van der Waals surface area contributed by atoms with E-state index < -0.39 is 0 Å². The van der Waals surface area contributed by atoms with E-state index in [1.54, 1.807) is 16.7 Å². The highest BCUT2D eigenvalue weighted by atomic mass is 35.5. The molecule has 182 valence electrons. The van der Waals surface area contributed by atoms with Crippen LogP contribution < -0.4 is 10.9 Å². The zero-order chi connectivity index (χ0) is 25.6. The number of halogens is 1. The average Bonchev–Trinajstić information content (AvgIpc) is 3.27. The minimum Gasteiger partial charge on any atom is -0.360 e. The van der Waals surface area contributed by atoms with Crippen molar-refractivity contribution in [1.82, 2.24) is 9.72 Å². The van der Waals surface area contributed by atoms with E-state index >= 15 is 0 Å². The molecule has 0 unspecified atom stereocenters. The van der Waals surface area contributed by atoms with Crippen molar-refractivity contribution < 1.29 is 9.32 Å². The van der Waals surface area contributed by atoms with Crippen LogP contribution in [0.15, 0.2) is 63.9 Å². The van der Waals surface area contributed by atoms with Gasteiger partial charge in [-0.1, -0.05) is 41.9 Å². The monoisotopic (exact) mass is 499 g/mol. The maximum absolute atomic E-state index is 13.7. The third-order valence-electron chi connectivity index (χ3n) is 6.71. The number of hydrogen-bond donors (Lipinski definition) is 1. The van der Waals surface area contributed by atoms with Gasteiger partial charge in [-0.25, -0.2) is 0 Å². The normalized spacial score (nSPS) is 11.4. The Labute approximate surface area is 213 Å². The summed E-state index contributed by atoms with van der Waals surface area (Å²) in [4.78, 5) is 26.6. The predicted octanol–water partition coefficient (Wildman–Crippen LogP) is 6.45. The molecule has 0 fully saturated rings. The number of fused-ring (bicyclic) bond motifs is 3. The summed E-state index contributed by atoms with van der Waals surface area (Å²) in [5.74, 6) is 0.391. The van der Waals surface area contributed by atoms with Gasteiger partial charge in [0.05, 0.1) is 17.0 Å². The van der Waals surface area contributed by atoms with Crippen molar-refractivity contribution in [2.24, 2.45) is 0 Å². The van der Waals surface area contributed by atoms with Crippen LogP contribution in [-0.4, -0.2) is 15.6 Å². The molecule has 0 radical (unpaired) electrons. The SMILES string of the molecule is CCc1onc2c1c(=O)n(-c1cccc(CC(=O)Nc3cc(C)c(C)c(C)c3)c1)c1cccc(Cl)c21. The first kappa shape index (κ1) is 23.8. The van der Waals surface area contributed by atoms with E-state index in [2.05, 4.69) is 17.4 Å². The number of carbonyl (C=O) groups is 1. The highest BCUT2D eigenvalue weighted by molar-refractivity contribution is 6.37. The highest BCUT2D eigenvalue weighted by Gasteiger charge is 2.21. The Balaban J connectivity index is 1.56. The molecular weight excluding hydrogens is 474 g/mol. The summed E-state index contributed by atoms with van der Waals surface area (Å²) < 4.78 is 7.10. The Hall–Kier alpha value is -3.90. The number of carbonyl (C=O) groups excluding carboxylic acids is 1. The van der Waals surface area contributed by atoms with Crippen molar-refractivity contribution >= 4 is 45.0 Å². The van der Waals surface area contributed by atoms with Gasteiger partial charge in [0.2, 0.25) is 5.91 Å². The van der Waals surface area contributed by atoms with Crippen LogP contribution in [0, 0.1) is 20.8 Å². The summed E-state index contributed by atoms with van der Waals surface area (Å²) in [5, 5.41) is 8.73. The number of nitrogens with one attached hydrogen (secondary N) is 1. The third-order valence-corrected chi connectivity index (χ3v) is 7.03. The molecule has 5 rings (SSSR count). The number of benzene rings is 3. The van der Waals surface area contributed by atoms with Gasteiger partial charge in [0.25, 0.3) is 5.56 Å². The summed E-state index contributed by atoms with van der Waals surface area (Å²) in [6.45, 7) is 8.05. The number of rotatable bonds is 5. The molecule has 1 amide bonds. The maximum atomic E-state index is 13.7. The van der Waals surface area contributed by atoms with Crippen LogP contribution in [0.25, 0.3) is 27.5 Å².